The van der Waals surface area contributed by atoms with Crippen LogP contribution in [0.15, 0.2) is 30.4 Å². The number of alkyl halides is 3. The lowest BCUT2D eigenvalue weighted by molar-refractivity contribution is -0.182. The average molecular weight is 514 g/mol. The molecule has 0 aliphatic carbocycles. The van der Waals surface area contributed by atoms with Gasteiger partial charge in [-0.3, -0.25) is 4.79 Å². The van der Waals surface area contributed by atoms with Crippen LogP contribution in [0.2, 0.25) is 0 Å². The number of cyclic esters (lactones) is 1. The molecule has 2 unspecified atom stereocenters. The Labute approximate surface area is 206 Å². The van der Waals surface area contributed by atoms with Gasteiger partial charge in [0, 0.05) is 13.2 Å². The normalized spacial score (nSPS) is 28.3. The maximum absolute atomic E-state index is 13.9. The fourth-order valence-corrected chi connectivity index (χ4v) is 4.02. The summed E-state index contributed by atoms with van der Waals surface area (Å²) in [5.41, 5.74) is 0.171. The third kappa shape index (κ3) is 6.45. The first-order chi connectivity index (χ1) is 16.9. The number of esters is 1. The van der Waals surface area contributed by atoms with E-state index in [-0.39, 0.29) is 30.1 Å². The Balaban J connectivity index is 2.14. The molecule has 8 nitrogen and oxygen atoms in total. The molecule has 0 aromatic heterocycles. The molecule has 0 N–H and O–H groups in total. The molecule has 198 valence electrons. The van der Waals surface area contributed by atoms with Crippen LogP contribution in [0.25, 0.3) is 6.08 Å². The lowest BCUT2D eigenvalue weighted by Gasteiger charge is -2.25. The zero-order valence-electron chi connectivity index (χ0n) is 20.6. The van der Waals surface area contributed by atoms with Crippen LogP contribution in [0.1, 0.15) is 43.1 Å². The number of methoxy groups -OCH3 is 2. The molecule has 0 bridgehead atoms. The van der Waals surface area contributed by atoms with Crippen molar-refractivity contribution in [3.05, 3.63) is 41.5 Å². The van der Waals surface area contributed by atoms with Crippen molar-refractivity contribution in [1.29, 1.82) is 0 Å². The minimum Gasteiger partial charge on any atom is -0.497 e. The molecule has 11 heteroatoms. The molecule has 1 aromatic carbocycles. The van der Waals surface area contributed by atoms with Crippen LogP contribution in [0.4, 0.5) is 13.2 Å². The zero-order valence-corrected chi connectivity index (χ0v) is 20.6. The molecular formula is C25H29F3O8. The first kappa shape index (κ1) is 27.7. The molecule has 1 fully saturated rings. The van der Waals surface area contributed by atoms with Crippen molar-refractivity contribution >= 4 is 17.8 Å². The number of ether oxygens (including phenoxy) is 6. The number of carbonyl (C=O) groups excluding carboxylic acids is 2. The first-order valence-corrected chi connectivity index (χ1v) is 11.2. The smallest absolute Gasteiger partial charge is 0.398 e. The van der Waals surface area contributed by atoms with Crippen molar-refractivity contribution in [2.45, 2.75) is 57.5 Å². The van der Waals surface area contributed by atoms with Gasteiger partial charge in [0.05, 0.1) is 13.2 Å². The Hall–Kier alpha value is -2.89. The monoisotopic (exact) mass is 514 g/mol. The highest BCUT2D eigenvalue weighted by Gasteiger charge is 2.46. The topological polar surface area (TPSA) is 89.5 Å². The minimum atomic E-state index is -4.79. The van der Waals surface area contributed by atoms with Gasteiger partial charge in [-0.05, 0) is 44.9 Å². The predicted molar refractivity (Wildman–Crippen MR) is 122 cm³/mol. The van der Waals surface area contributed by atoms with Crippen molar-refractivity contribution in [3.63, 3.8) is 0 Å². The van der Waals surface area contributed by atoms with Crippen LogP contribution in [0, 0.1) is 5.92 Å². The summed E-state index contributed by atoms with van der Waals surface area (Å²) >= 11 is 0. The van der Waals surface area contributed by atoms with E-state index in [4.69, 9.17) is 28.4 Å². The second-order valence-electron chi connectivity index (χ2n) is 8.81. The Bertz CT molecular complexity index is 1030. The predicted octanol–water partition coefficient (Wildman–Crippen LogP) is 4.46. The lowest BCUT2D eigenvalue weighted by Crippen LogP contribution is -2.35. The van der Waals surface area contributed by atoms with Crippen molar-refractivity contribution in [2.75, 3.05) is 21.0 Å². The summed E-state index contributed by atoms with van der Waals surface area (Å²) in [4.78, 5) is 25.9. The Kier molecular flexibility index (Phi) is 8.48. The van der Waals surface area contributed by atoms with E-state index in [1.54, 1.807) is 26.0 Å². The molecule has 36 heavy (non-hydrogen) atoms. The van der Waals surface area contributed by atoms with Gasteiger partial charge in [-0.1, -0.05) is 18.2 Å². The molecule has 0 spiro atoms. The summed E-state index contributed by atoms with van der Waals surface area (Å²) in [6, 6.07) is 2.93. The van der Waals surface area contributed by atoms with Gasteiger partial charge in [0.15, 0.2) is 18.4 Å². The summed E-state index contributed by atoms with van der Waals surface area (Å²) in [5.74, 6) is -4.74. The van der Waals surface area contributed by atoms with Crippen LogP contribution in [0.5, 0.6) is 11.5 Å². The molecule has 2 aliphatic rings. The summed E-state index contributed by atoms with van der Waals surface area (Å²) in [6.45, 7) is 4.10. The summed E-state index contributed by atoms with van der Waals surface area (Å²) in [5, 5.41) is 0. The molecule has 0 radical (unpaired) electrons. The van der Waals surface area contributed by atoms with E-state index in [1.807, 2.05) is 0 Å². The van der Waals surface area contributed by atoms with Crippen LogP contribution >= 0.6 is 0 Å². The molecule has 0 amide bonds. The maximum atomic E-state index is 13.9. The van der Waals surface area contributed by atoms with Gasteiger partial charge in [-0.25, -0.2) is 4.79 Å². The molecule has 2 aliphatic heterocycles. The second kappa shape index (κ2) is 11.0. The van der Waals surface area contributed by atoms with Crippen molar-refractivity contribution in [3.8, 4) is 11.5 Å². The van der Waals surface area contributed by atoms with Gasteiger partial charge in [0.2, 0.25) is 0 Å². The van der Waals surface area contributed by atoms with Crippen molar-refractivity contribution in [2.24, 2.45) is 5.92 Å². The number of hydrogen-bond donors (Lipinski definition) is 0. The SMILES string of the molecule is COCOc1cc(OC)cc2c1C(=O)OC(C)C(C(F)(F)F)/C=C\C(=O)[C@H]1OC(C)(C)O[C@H]1C/C=C/2. The van der Waals surface area contributed by atoms with E-state index in [9.17, 15) is 22.8 Å². The van der Waals surface area contributed by atoms with Crippen LogP contribution in [-0.4, -0.2) is 63.0 Å². The molecule has 0 saturated carbocycles. The largest absolute Gasteiger partial charge is 0.497 e. The van der Waals surface area contributed by atoms with Crippen molar-refractivity contribution in [1.82, 2.24) is 0 Å². The fourth-order valence-electron chi connectivity index (χ4n) is 4.02. The van der Waals surface area contributed by atoms with Crippen molar-refractivity contribution < 1.29 is 51.2 Å². The fraction of sp³-hybridized carbons (Fsp3) is 0.520. The highest BCUT2D eigenvalue weighted by molar-refractivity contribution is 5.97. The first-order valence-electron chi connectivity index (χ1n) is 11.2. The van der Waals surface area contributed by atoms with E-state index in [0.717, 1.165) is 13.0 Å². The molecule has 2 heterocycles. The number of hydrogen-bond acceptors (Lipinski definition) is 8. The molecule has 3 rings (SSSR count). The van der Waals surface area contributed by atoms with Gasteiger partial charge < -0.3 is 28.4 Å². The summed E-state index contributed by atoms with van der Waals surface area (Å²) < 4.78 is 74.1. The third-order valence-corrected chi connectivity index (χ3v) is 5.65. The number of rotatable bonds is 4. The van der Waals surface area contributed by atoms with Gasteiger partial charge in [0.1, 0.15) is 35.2 Å². The molecular weight excluding hydrogens is 485 g/mol. The summed E-state index contributed by atoms with van der Waals surface area (Å²) in [7, 11) is 2.79. The second-order valence-corrected chi connectivity index (χ2v) is 8.81. The van der Waals surface area contributed by atoms with Gasteiger partial charge >= 0.3 is 12.1 Å². The molecule has 1 aromatic rings. The van der Waals surface area contributed by atoms with E-state index < -0.39 is 47.9 Å². The average Bonchev–Trinajstić information content (AvgIpc) is 3.10. The van der Waals surface area contributed by atoms with E-state index in [2.05, 4.69) is 0 Å². The number of benzene rings is 1. The maximum Gasteiger partial charge on any atom is 0.398 e. The van der Waals surface area contributed by atoms with Crippen LogP contribution < -0.4 is 9.47 Å². The highest BCUT2D eigenvalue weighted by atomic mass is 19.4. The Morgan fingerprint density at radius 1 is 1.11 bits per heavy atom. The molecule has 1 saturated heterocycles. The lowest BCUT2D eigenvalue weighted by atomic mass is 9.98. The number of ketones is 1. The zero-order chi connectivity index (χ0) is 26.7. The van der Waals surface area contributed by atoms with Gasteiger partial charge in [-0.15, -0.1) is 0 Å². The van der Waals surface area contributed by atoms with Gasteiger partial charge in [0.25, 0.3) is 0 Å². The molecule has 4 atom stereocenters. The number of fused-ring (bicyclic) bond motifs is 2. The standard InChI is InChI=1S/C25H29F3O8/c1-14-17(25(26,27)28)9-10-18(29)22-19(35-24(2,3)36-22)8-6-7-15-11-16(32-5)12-20(33-13-31-4)21(15)23(30)34-14/h6-7,9-12,14,17,19,22H,8,13H2,1-5H3/b7-6+,10-9-/t14?,17?,19-,22+/m0/s1. The third-order valence-electron chi connectivity index (χ3n) is 5.65. The van der Waals surface area contributed by atoms with Crippen LogP contribution in [-0.2, 0) is 23.7 Å². The highest BCUT2D eigenvalue weighted by Crippen LogP contribution is 2.36. The van der Waals surface area contributed by atoms with E-state index in [1.165, 1.54) is 26.4 Å². The Morgan fingerprint density at radius 2 is 1.83 bits per heavy atom. The minimum absolute atomic E-state index is 0.00822. The summed E-state index contributed by atoms with van der Waals surface area (Å²) in [6.07, 6.45) is -3.43. The van der Waals surface area contributed by atoms with Crippen LogP contribution in [0.3, 0.4) is 0 Å². The number of carbonyl (C=O) groups is 2. The van der Waals surface area contributed by atoms with E-state index in [0.29, 0.717) is 11.8 Å². The quantitative estimate of drug-likeness (QED) is 0.430. The van der Waals surface area contributed by atoms with E-state index >= 15 is 0 Å². The van der Waals surface area contributed by atoms with Gasteiger partial charge in [-0.2, -0.15) is 13.2 Å². The Morgan fingerprint density at radius 3 is 2.47 bits per heavy atom. The number of halogens is 3.